The standard InChI is InChI=1S/C40H39ClN6O4/c1-26-37(22-31(23-42)44(26)3)47(30-9-11-33(48)12-10-30)40(50)35-14-15-43(2)38(35)36-21-29(41)8-13-34(36)39(49)46-24-28-7-5-4-6-27(28)20-32(46)25-45-16-18-51-19-17-45/h4-15,21-22,32,48H,16-20,24-25H2,1-3H3/t32-/m0/s1. The van der Waals surface area contributed by atoms with Crippen LogP contribution < -0.4 is 4.90 Å². The zero-order valence-electron chi connectivity index (χ0n) is 28.8. The van der Waals surface area contributed by atoms with Crippen LogP contribution in [0.2, 0.25) is 5.02 Å². The van der Waals surface area contributed by atoms with Gasteiger partial charge in [-0.25, -0.2) is 0 Å². The van der Waals surface area contributed by atoms with Crippen molar-refractivity contribution in [3.05, 3.63) is 124 Å². The highest BCUT2D eigenvalue weighted by Crippen LogP contribution is 2.38. The molecule has 0 spiro atoms. The number of phenols is 1. The van der Waals surface area contributed by atoms with Gasteiger partial charge in [0, 0.05) is 80.0 Å². The van der Waals surface area contributed by atoms with Crippen LogP contribution in [-0.4, -0.2) is 74.7 Å². The first-order valence-corrected chi connectivity index (χ1v) is 17.4. The Morgan fingerprint density at radius 3 is 2.41 bits per heavy atom. The van der Waals surface area contributed by atoms with Crippen LogP contribution in [0.1, 0.15) is 43.2 Å². The minimum Gasteiger partial charge on any atom is -0.508 e. The molecule has 0 aliphatic carbocycles. The number of fused-ring (bicyclic) bond motifs is 1. The lowest BCUT2D eigenvalue weighted by atomic mass is 9.91. The summed E-state index contributed by atoms with van der Waals surface area (Å²) in [5.41, 5.74) is 6.37. The predicted octanol–water partition coefficient (Wildman–Crippen LogP) is 6.45. The van der Waals surface area contributed by atoms with Crippen LogP contribution >= 0.6 is 11.6 Å². The van der Waals surface area contributed by atoms with E-state index in [2.05, 4.69) is 23.1 Å². The molecule has 0 bridgehead atoms. The molecule has 7 rings (SSSR count). The zero-order valence-corrected chi connectivity index (χ0v) is 29.6. The first kappa shape index (κ1) is 34.1. The Bertz CT molecular complexity index is 2160. The van der Waals surface area contributed by atoms with Gasteiger partial charge in [0.25, 0.3) is 11.8 Å². The Balaban J connectivity index is 1.32. The Hall–Kier alpha value is -5.34. The number of aromatic hydroxyl groups is 1. The molecule has 4 heterocycles. The van der Waals surface area contributed by atoms with Gasteiger partial charge in [-0.15, -0.1) is 0 Å². The second-order valence-corrected chi connectivity index (χ2v) is 13.6. The molecule has 0 radical (unpaired) electrons. The third-order valence-corrected chi connectivity index (χ3v) is 10.4. The Kier molecular flexibility index (Phi) is 9.44. The van der Waals surface area contributed by atoms with E-state index in [4.69, 9.17) is 16.3 Å². The largest absolute Gasteiger partial charge is 0.508 e. The molecule has 2 amide bonds. The molecule has 1 fully saturated rings. The Morgan fingerprint density at radius 1 is 0.980 bits per heavy atom. The maximum absolute atomic E-state index is 14.9. The maximum atomic E-state index is 14.9. The molecule has 1 N–H and O–H groups in total. The highest BCUT2D eigenvalue weighted by atomic mass is 35.5. The summed E-state index contributed by atoms with van der Waals surface area (Å²) in [6.45, 7) is 6.01. The van der Waals surface area contributed by atoms with Crippen LogP contribution in [0.15, 0.2) is 85.1 Å². The average Bonchev–Trinajstić information content (AvgIpc) is 3.66. The second kappa shape index (κ2) is 14.1. The lowest BCUT2D eigenvalue weighted by Gasteiger charge is -2.40. The van der Waals surface area contributed by atoms with Crippen molar-refractivity contribution in [3.63, 3.8) is 0 Å². The van der Waals surface area contributed by atoms with Crippen LogP contribution in [0.5, 0.6) is 5.75 Å². The monoisotopic (exact) mass is 702 g/mol. The number of halogens is 1. The zero-order chi connectivity index (χ0) is 35.8. The molecule has 2 aromatic heterocycles. The molecule has 2 aliphatic heterocycles. The van der Waals surface area contributed by atoms with Crippen LogP contribution in [-0.2, 0) is 31.8 Å². The van der Waals surface area contributed by atoms with E-state index in [1.807, 2.05) is 35.6 Å². The number of aryl methyl sites for hydroxylation is 1. The molecule has 1 atom stereocenters. The van der Waals surface area contributed by atoms with Crippen LogP contribution in [0, 0.1) is 18.3 Å². The summed E-state index contributed by atoms with van der Waals surface area (Å²) in [6.07, 6.45) is 2.53. The van der Waals surface area contributed by atoms with E-state index >= 15 is 0 Å². The highest BCUT2D eigenvalue weighted by Gasteiger charge is 2.35. The fourth-order valence-electron chi connectivity index (χ4n) is 7.27. The predicted molar refractivity (Wildman–Crippen MR) is 196 cm³/mol. The minimum atomic E-state index is -0.370. The number of anilines is 2. The molecule has 0 unspecified atom stereocenters. The number of hydrogen-bond acceptors (Lipinski definition) is 6. The van der Waals surface area contributed by atoms with Gasteiger partial charge < -0.3 is 23.9 Å². The summed E-state index contributed by atoms with van der Waals surface area (Å²) in [4.78, 5) is 35.6. The summed E-state index contributed by atoms with van der Waals surface area (Å²) in [5.74, 6) is -0.449. The summed E-state index contributed by atoms with van der Waals surface area (Å²) >= 11 is 6.65. The van der Waals surface area contributed by atoms with Gasteiger partial charge in [-0.2, -0.15) is 5.26 Å². The quantitative estimate of drug-likeness (QED) is 0.209. The number of carbonyl (C=O) groups is 2. The third-order valence-electron chi connectivity index (χ3n) is 10.1. The summed E-state index contributed by atoms with van der Waals surface area (Å²) in [7, 11) is 3.62. The van der Waals surface area contributed by atoms with E-state index in [0.717, 1.165) is 31.6 Å². The van der Waals surface area contributed by atoms with Gasteiger partial charge >= 0.3 is 0 Å². The van der Waals surface area contributed by atoms with Crippen molar-refractivity contribution in [1.82, 2.24) is 18.9 Å². The molecule has 11 heteroatoms. The number of nitrogens with zero attached hydrogens (tertiary/aromatic N) is 6. The van der Waals surface area contributed by atoms with Crippen molar-refractivity contribution in [2.45, 2.75) is 25.9 Å². The Labute approximate surface area is 302 Å². The van der Waals surface area contributed by atoms with Gasteiger partial charge in [0.1, 0.15) is 17.5 Å². The molecule has 1 saturated heterocycles. The summed E-state index contributed by atoms with van der Waals surface area (Å²) < 4.78 is 9.17. The number of morpholine rings is 1. The van der Waals surface area contributed by atoms with E-state index in [1.165, 1.54) is 17.7 Å². The molecule has 5 aromatic rings. The van der Waals surface area contributed by atoms with E-state index < -0.39 is 0 Å². The number of amides is 2. The number of hydrogen-bond donors (Lipinski definition) is 1. The van der Waals surface area contributed by atoms with Gasteiger partial charge in [0.05, 0.1) is 30.2 Å². The van der Waals surface area contributed by atoms with Crippen molar-refractivity contribution in [1.29, 1.82) is 5.26 Å². The number of ether oxygens (including phenoxy) is 1. The van der Waals surface area contributed by atoms with E-state index in [-0.39, 0.29) is 23.6 Å². The fourth-order valence-corrected chi connectivity index (χ4v) is 7.44. The Morgan fingerprint density at radius 2 is 1.71 bits per heavy atom. The molecule has 0 saturated carbocycles. The molecular formula is C40H39ClN6O4. The SMILES string of the molecule is Cc1c(N(C(=O)c2ccn(C)c2-c2cc(Cl)ccc2C(=O)N2Cc3ccccc3C[C@H]2CN2CCOCC2)c2ccc(O)cc2)cc(C#N)n1C. The van der Waals surface area contributed by atoms with Crippen LogP contribution in [0.4, 0.5) is 11.4 Å². The smallest absolute Gasteiger partial charge is 0.265 e. The van der Waals surface area contributed by atoms with Gasteiger partial charge in [-0.05, 0) is 79.1 Å². The third kappa shape index (κ3) is 6.52. The van der Waals surface area contributed by atoms with Crippen molar-refractivity contribution in [2.75, 3.05) is 37.7 Å². The van der Waals surface area contributed by atoms with Crippen molar-refractivity contribution < 1.29 is 19.4 Å². The van der Waals surface area contributed by atoms with Crippen LogP contribution in [0.25, 0.3) is 11.3 Å². The molecule has 3 aromatic carbocycles. The maximum Gasteiger partial charge on any atom is 0.265 e. The molecular weight excluding hydrogens is 664 g/mol. The lowest BCUT2D eigenvalue weighted by molar-refractivity contribution is 0.0193. The number of nitriles is 1. The summed E-state index contributed by atoms with van der Waals surface area (Å²) in [6, 6.07) is 25.4. The summed E-state index contributed by atoms with van der Waals surface area (Å²) in [5, 5.41) is 20.3. The molecule has 260 valence electrons. The molecule has 10 nitrogen and oxygen atoms in total. The van der Waals surface area contributed by atoms with Crippen molar-refractivity contribution >= 4 is 34.8 Å². The van der Waals surface area contributed by atoms with Gasteiger partial charge in [0.15, 0.2) is 0 Å². The number of phenolic OH excluding ortho intramolecular Hbond substituents is 1. The van der Waals surface area contributed by atoms with Crippen LogP contribution in [0.3, 0.4) is 0 Å². The van der Waals surface area contributed by atoms with Gasteiger partial charge in [-0.3, -0.25) is 19.4 Å². The average molecular weight is 703 g/mol. The van der Waals surface area contributed by atoms with E-state index in [0.29, 0.717) is 69.9 Å². The molecule has 2 aliphatic rings. The number of aromatic nitrogens is 2. The lowest BCUT2D eigenvalue weighted by Crippen LogP contribution is -2.52. The van der Waals surface area contributed by atoms with E-state index in [9.17, 15) is 20.0 Å². The topological polar surface area (TPSA) is 107 Å². The van der Waals surface area contributed by atoms with Crippen molar-refractivity contribution in [2.24, 2.45) is 14.1 Å². The van der Waals surface area contributed by atoms with Crippen molar-refractivity contribution in [3.8, 4) is 23.1 Å². The number of benzene rings is 3. The molecule has 51 heavy (non-hydrogen) atoms. The fraction of sp³-hybridized carbons (Fsp3) is 0.275. The first-order valence-electron chi connectivity index (χ1n) is 17.0. The normalized spacial score (nSPS) is 16.1. The van der Waals surface area contributed by atoms with Gasteiger partial charge in [0.2, 0.25) is 0 Å². The number of rotatable bonds is 7. The minimum absolute atomic E-state index is 0.0587. The first-order chi connectivity index (χ1) is 24.6. The highest BCUT2D eigenvalue weighted by molar-refractivity contribution is 6.31. The second-order valence-electron chi connectivity index (χ2n) is 13.2. The van der Waals surface area contributed by atoms with Gasteiger partial charge in [-0.1, -0.05) is 35.9 Å². The van der Waals surface area contributed by atoms with E-state index in [1.54, 1.807) is 65.2 Å². The number of carbonyl (C=O) groups excluding carboxylic acids is 2.